The Morgan fingerprint density at radius 2 is 1.23 bits per heavy atom. The summed E-state index contributed by atoms with van der Waals surface area (Å²) in [5.74, 6) is -0.831. The van der Waals surface area contributed by atoms with Crippen LogP contribution >= 0.6 is 0 Å². The number of rotatable bonds is 29. The van der Waals surface area contributed by atoms with Crippen molar-refractivity contribution in [2.45, 2.75) is 173 Å². The van der Waals surface area contributed by atoms with Crippen LogP contribution in [0, 0.1) is 0 Å². The van der Waals surface area contributed by atoms with Crippen LogP contribution < -0.4 is 0 Å². The second-order valence-corrected chi connectivity index (χ2v) is 12.7. The van der Waals surface area contributed by atoms with Gasteiger partial charge in [0.2, 0.25) is 0 Å². The summed E-state index contributed by atoms with van der Waals surface area (Å²) in [5, 5.41) is 39.8. The van der Waals surface area contributed by atoms with Gasteiger partial charge in [0.05, 0.1) is 13.2 Å². The van der Waals surface area contributed by atoms with Crippen molar-refractivity contribution in [3.8, 4) is 0 Å². The van der Waals surface area contributed by atoms with Gasteiger partial charge >= 0.3 is 11.9 Å². The zero-order valence-corrected chi connectivity index (χ0v) is 29.7. The second kappa shape index (κ2) is 29.8. The van der Waals surface area contributed by atoms with Crippen LogP contribution in [-0.4, -0.2) is 89.0 Å². The van der Waals surface area contributed by atoms with E-state index in [0.29, 0.717) is 6.42 Å². The third-order valence-electron chi connectivity index (χ3n) is 8.29. The summed E-state index contributed by atoms with van der Waals surface area (Å²) in [6.07, 6.45) is 23.3. The highest BCUT2D eigenvalue weighted by Crippen LogP contribution is 2.22. The molecule has 10 heteroatoms. The molecule has 1 saturated heterocycles. The molecule has 0 aromatic heterocycles. The van der Waals surface area contributed by atoms with E-state index in [1.165, 1.54) is 25.7 Å². The number of aliphatic hydroxyl groups is 4. The molecule has 0 spiro atoms. The number of carbonyl (C=O) groups excluding carboxylic acids is 2. The molecule has 4 N–H and O–H groups in total. The van der Waals surface area contributed by atoms with E-state index in [0.717, 1.165) is 77.0 Å². The third-order valence-corrected chi connectivity index (χ3v) is 8.29. The normalized spacial score (nSPS) is 22.2. The minimum atomic E-state index is -1.59. The first kappa shape index (κ1) is 43.9. The summed E-state index contributed by atoms with van der Waals surface area (Å²) in [7, 11) is 0. The van der Waals surface area contributed by atoms with E-state index in [9.17, 15) is 30.0 Å². The molecule has 1 rings (SSSR count). The van der Waals surface area contributed by atoms with Gasteiger partial charge in [0.25, 0.3) is 0 Å². The predicted molar refractivity (Wildman–Crippen MR) is 187 cm³/mol. The molecular formula is C38H66O10. The van der Waals surface area contributed by atoms with Crippen LogP contribution in [0.25, 0.3) is 0 Å². The molecule has 0 aromatic rings. The Hall–Kier alpha value is -2.08. The quantitative estimate of drug-likeness (QED) is 0.0397. The Balaban J connectivity index is 2.36. The van der Waals surface area contributed by atoms with Crippen molar-refractivity contribution in [3.05, 3.63) is 36.5 Å². The van der Waals surface area contributed by atoms with Gasteiger partial charge in [-0.25, -0.2) is 0 Å². The lowest BCUT2D eigenvalue weighted by atomic mass is 9.99. The Kier molecular flexibility index (Phi) is 27.3. The summed E-state index contributed by atoms with van der Waals surface area (Å²) in [6.45, 7) is 3.20. The molecule has 0 saturated carbocycles. The number of esters is 2. The van der Waals surface area contributed by atoms with Gasteiger partial charge in [-0.05, 0) is 44.9 Å². The standard InChI is InChI=1S/C38H66O10/c1-3-5-7-9-11-12-13-14-15-16-17-18-19-20-21-23-25-27-34(41)47-31(29-45-33(40)26-24-22-10-8-6-4-2)30-46-38-37(44)36(43)35(42)32(28-39)48-38/h5,7,11-12,14-15,31-32,35-39,42-44H,3-4,6,8-10,13,16-30H2,1-2H3/b7-5-,12-11-,15-14-. The zero-order chi connectivity index (χ0) is 35.2. The van der Waals surface area contributed by atoms with E-state index in [4.69, 9.17) is 18.9 Å². The predicted octanol–water partition coefficient (Wildman–Crippen LogP) is 6.38. The first-order valence-corrected chi connectivity index (χ1v) is 18.6. The van der Waals surface area contributed by atoms with Crippen LogP contribution in [0.4, 0.5) is 0 Å². The summed E-state index contributed by atoms with van der Waals surface area (Å²) in [6, 6.07) is 0. The van der Waals surface area contributed by atoms with Gasteiger partial charge in [0.1, 0.15) is 31.0 Å². The van der Waals surface area contributed by atoms with Gasteiger partial charge in [-0.3, -0.25) is 9.59 Å². The van der Waals surface area contributed by atoms with Crippen LogP contribution in [-0.2, 0) is 28.5 Å². The smallest absolute Gasteiger partial charge is 0.306 e. The Morgan fingerprint density at radius 3 is 1.85 bits per heavy atom. The first-order valence-electron chi connectivity index (χ1n) is 18.6. The lowest BCUT2D eigenvalue weighted by molar-refractivity contribution is -0.305. The molecule has 1 aliphatic heterocycles. The Labute approximate surface area is 289 Å². The summed E-state index contributed by atoms with van der Waals surface area (Å²) in [4.78, 5) is 25.0. The van der Waals surface area contributed by atoms with E-state index < -0.39 is 55.4 Å². The fraction of sp³-hybridized carbons (Fsp3) is 0.789. The largest absolute Gasteiger partial charge is 0.462 e. The van der Waals surface area contributed by atoms with Crippen LogP contribution in [0.2, 0.25) is 0 Å². The van der Waals surface area contributed by atoms with Crippen molar-refractivity contribution in [2.24, 2.45) is 0 Å². The van der Waals surface area contributed by atoms with Crippen molar-refractivity contribution in [2.75, 3.05) is 19.8 Å². The number of ether oxygens (including phenoxy) is 4. The monoisotopic (exact) mass is 682 g/mol. The Bertz CT molecular complexity index is 887. The lowest BCUT2D eigenvalue weighted by Crippen LogP contribution is -2.59. The molecule has 1 heterocycles. The van der Waals surface area contributed by atoms with Gasteiger partial charge in [-0.1, -0.05) is 115 Å². The number of unbranched alkanes of at least 4 members (excludes halogenated alkanes) is 12. The number of aliphatic hydroxyl groups excluding tert-OH is 4. The molecule has 0 aromatic carbocycles. The first-order chi connectivity index (χ1) is 23.3. The highest BCUT2D eigenvalue weighted by atomic mass is 16.7. The van der Waals surface area contributed by atoms with Gasteiger partial charge in [-0.2, -0.15) is 0 Å². The molecule has 0 radical (unpaired) electrons. The maximum absolute atomic E-state index is 12.6. The minimum absolute atomic E-state index is 0.219. The minimum Gasteiger partial charge on any atom is -0.462 e. The fourth-order valence-corrected chi connectivity index (χ4v) is 5.32. The van der Waals surface area contributed by atoms with Crippen LogP contribution in [0.1, 0.15) is 136 Å². The van der Waals surface area contributed by atoms with Crippen molar-refractivity contribution in [3.63, 3.8) is 0 Å². The molecule has 0 amide bonds. The number of hydrogen-bond acceptors (Lipinski definition) is 10. The van der Waals surface area contributed by atoms with Crippen LogP contribution in [0.5, 0.6) is 0 Å². The van der Waals surface area contributed by atoms with Gasteiger partial charge in [0.15, 0.2) is 12.4 Å². The van der Waals surface area contributed by atoms with Gasteiger partial charge in [-0.15, -0.1) is 0 Å². The highest BCUT2D eigenvalue weighted by Gasteiger charge is 2.44. The topological polar surface area (TPSA) is 152 Å². The van der Waals surface area contributed by atoms with Crippen molar-refractivity contribution in [1.29, 1.82) is 0 Å². The SMILES string of the molecule is CC/C=C\C/C=C\C/C=C\CCCCCCCCCC(=O)OC(COC(=O)CCCCCCCC)COC1OC(CO)C(O)C(O)C1O. The van der Waals surface area contributed by atoms with E-state index >= 15 is 0 Å². The maximum atomic E-state index is 12.6. The van der Waals surface area contributed by atoms with Crippen LogP contribution in [0.3, 0.4) is 0 Å². The average Bonchev–Trinajstić information content (AvgIpc) is 3.08. The zero-order valence-electron chi connectivity index (χ0n) is 29.7. The molecule has 278 valence electrons. The number of allylic oxidation sites excluding steroid dienone is 6. The molecule has 1 aliphatic rings. The highest BCUT2D eigenvalue weighted by molar-refractivity contribution is 5.70. The molecule has 0 aliphatic carbocycles. The molecule has 48 heavy (non-hydrogen) atoms. The molecule has 6 atom stereocenters. The van der Waals surface area contributed by atoms with E-state index in [-0.39, 0.29) is 26.1 Å². The summed E-state index contributed by atoms with van der Waals surface area (Å²) in [5.41, 5.74) is 0. The molecule has 1 fully saturated rings. The number of hydrogen-bond donors (Lipinski definition) is 4. The van der Waals surface area contributed by atoms with E-state index in [2.05, 4.69) is 50.3 Å². The van der Waals surface area contributed by atoms with Crippen molar-refractivity contribution in [1.82, 2.24) is 0 Å². The Morgan fingerprint density at radius 1 is 0.667 bits per heavy atom. The lowest BCUT2D eigenvalue weighted by Gasteiger charge is -2.39. The van der Waals surface area contributed by atoms with E-state index in [1.54, 1.807) is 0 Å². The molecular weight excluding hydrogens is 616 g/mol. The van der Waals surface area contributed by atoms with Crippen molar-refractivity contribution >= 4 is 11.9 Å². The molecule has 6 unspecified atom stereocenters. The molecule has 0 bridgehead atoms. The average molecular weight is 683 g/mol. The van der Waals surface area contributed by atoms with Crippen LogP contribution in [0.15, 0.2) is 36.5 Å². The number of carbonyl (C=O) groups is 2. The van der Waals surface area contributed by atoms with Gasteiger partial charge < -0.3 is 39.4 Å². The van der Waals surface area contributed by atoms with Gasteiger partial charge in [0, 0.05) is 12.8 Å². The summed E-state index contributed by atoms with van der Waals surface area (Å²) >= 11 is 0. The summed E-state index contributed by atoms with van der Waals surface area (Å²) < 4.78 is 21.9. The maximum Gasteiger partial charge on any atom is 0.306 e. The molecule has 10 nitrogen and oxygen atoms in total. The second-order valence-electron chi connectivity index (χ2n) is 12.7. The third kappa shape index (κ3) is 21.8. The fourth-order valence-electron chi connectivity index (χ4n) is 5.32. The van der Waals surface area contributed by atoms with Crippen molar-refractivity contribution < 1.29 is 49.0 Å². The van der Waals surface area contributed by atoms with E-state index in [1.807, 2.05) is 0 Å².